The maximum Gasteiger partial charge on any atom is 0.228 e. The van der Waals surface area contributed by atoms with Gasteiger partial charge in [-0.3, -0.25) is 14.3 Å². The summed E-state index contributed by atoms with van der Waals surface area (Å²) in [4.78, 5) is 28.8. The summed E-state index contributed by atoms with van der Waals surface area (Å²) in [5.74, 6) is 0.611. The molecule has 0 N–H and O–H groups in total. The average molecular weight is 342 g/mol. The van der Waals surface area contributed by atoms with E-state index in [1.807, 2.05) is 34.0 Å². The van der Waals surface area contributed by atoms with Gasteiger partial charge in [0.05, 0.1) is 24.8 Å². The smallest absolute Gasteiger partial charge is 0.228 e. The summed E-state index contributed by atoms with van der Waals surface area (Å²) in [5.41, 5.74) is 0. The van der Waals surface area contributed by atoms with Crippen LogP contribution in [0.4, 0.5) is 0 Å². The van der Waals surface area contributed by atoms with Crippen molar-refractivity contribution in [3.8, 4) is 0 Å². The number of hydrogen-bond donors (Lipinski definition) is 0. The van der Waals surface area contributed by atoms with Crippen LogP contribution in [0.5, 0.6) is 0 Å². The number of rotatable bonds is 4. The summed E-state index contributed by atoms with van der Waals surface area (Å²) < 4.78 is 7.25. The molecule has 2 aromatic rings. The molecule has 0 saturated carbocycles. The highest BCUT2D eigenvalue weighted by atomic mass is 16.3. The van der Waals surface area contributed by atoms with Gasteiger partial charge < -0.3 is 14.2 Å². The minimum atomic E-state index is -0.251. The van der Waals surface area contributed by atoms with Gasteiger partial charge in [-0.05, 0) is 31.0 Å². The minimum absolute atomic E-state index is 0.0235. The summed E-state index contributed by atoms with van der Waals surface area (Å²) in [6.07, 6.45) is 7.60. The molecule has 2 aliphatic heterocycles. The number of hydrogen-bond acceptors (Lipinski definition) is 4. The number of carbonyl (C=O) groups excluding carboxylic acids is 2. The van der Waals surface area contributed by atoms with Crippen LogP contribution in [0, 0.1) is 5.92 Å². The van der Waals surface area contributed by atoms with Gasteiger partial charge in [0, 0.05) is 38.4 Å². The van der Waals surface area contributed by atoms with E-state index in [1.165, 1.54) is 0 Å². The van der Waals surface area contributed by atoms with Crippen molar-refractivity contribution in [1.29, 1.82) is 0 Å². The summed E-state index contributed by atoms with van der Waals surface area (Å²) in [6, 6.07) is 5.79. The van der Waals surface area contributed by atoms with Gasteiger partial charge in [-0.15, -0.1) is 0 Å². The molecule has 2 aliphatic rings. The van der Waals surface area contributed by atoms with Crippen LogP contribution in [0.25, 0.3) is 0 Å². The van der Waals surface area contributed by atoms with E-state index >= 15 is 0 Å². The zero-order valence-electron chi connectivity index (χ0n) is 14.1. The molecule has 4 heterocycles. The first kappa shape index (κ1) is 15.9. The number of aromatic nitrogens is 2. The summed E-state index contributed by atoms with van der Waals surface area (Å²) in [6.45, 7) is 2.34. The first-order chi connectivity index (χ1) is 12.2. The lowest BCUT2D eigenvalue weighted by atomic mass is 10.0. The largest absolute Gasteiger partial charge is 0.467 e. The number of nitrogens with zero attached hydrogens (tertiary/aromatic N) is 4. The third-order valence-corrected chi connectivity index (χ3v) is 5.10. The number of piperidine rings is 1. The third kappa shape index (κ3) is 3.31. The molecule has 2 aromatic heterocycles. The van der Waals surface area contributed by atoms with E-state index in [9.17, 15) is 9.59 Å². The van der Waals surface area contributed by atoms with Crippen LogP contribution >= 0.6 is 0 Å². The van der Waals surface area contributed by atoms with Crippen LogP contribution in [0.2, 0.25) is 0 Å². The maximum atomic E-state index is 12.9. The van der Waals surface area contributed by atoms with Crippen LogP contribution in [0.1, 0.15) is 31.1 Å². The SMILES string of the molecule is O=C1C[C@H](C(=O)N2CCC[C@H](n3cccn3)C2)CN1Cc1ccco1. The van der Waals surface area contributed by atoms with Crippen LogP contribution < -0.4 is 0 Å². The first-order valence-corrected chi connectivity index (χ1v) is 8.79. The van der Waals surface area contributed by atoms with Gasteiger partial charge >= 0.3 is 0 Å². The second kappa shape index (κ2) is 6.74. The Morgan fingerprint density at radius 1 is 1.32 bits per heavy atom. The maximum absolute atomic E-state index is 12.9. The van der Waals surface area contributed by atoms with Gasteiger partial charge in [0.15, 0.2) is 0 Å². The highest BCUT2D eigenvalue weighted by Gasteiger charge is 2.38. The number of amides is 2. The quantitative estimate of drug-likeness (QED) is 0.848. The van der Waals surface area contributed by atoms with Crippen molar-refractivity contribution in [2.24, 2.45) is 5.92 Å². The van der Waals surface area contributed by atoms with E-state index < -0.39 is 0 Å². The van der Waals surface area contributed by atoms with Crippen LogP contribution in [0.3, 0.4) is 0 Å². The Hall–Kier alpha value is -2.57. The summed E-state index contributed by atoms with van der Waals surface area (Å²) in [7, 11) is 0. The lowest BCUT2D eigenvalue weighted by Gasteiger charge is -2.34. The van der Waals surface area contributed by atoms with Gasteiger partial charge in [-0.1, -0.05) is 0 Å². The van der Waals surface area contributed by atoms with Crippen molar-refractivity contribution in [1.82, 2.24) is 19.6 Å². The molecule has 2 saturated heterocycles. The number of furan rings is 1. The molecule has 0 aromatic carbocycles. The molecular formula is C18H22N4O3. The van der Waals surface area contributed by atoms with Crippen molar-refractivity contribution in [3.63, 3.8) is 0 Å². The van der Waals surface area contributed by atoms with Gasteiger partial charge in [0.2, 0.25) is 11.8 Å². The lowest BCUT2D eigenvalue weighted by molar-refractivity contribution is -0.137. The fourth-order valence-corrected chi connectivity index (χ4v) is 3.81. The molecule has 2 amide bonds. The second-order valence-corrected chi connectivity index (χ2v) is 6.82. The molecule has 0 spiro atoms. The highest BCUT2D eigenvalue weighted by Crippen LogP contribution is 2.26. The molecule has 0 radical (unpaired) electrons. The summed E-state index contributed by atoms with van der Waals surface area (Å²) in [5, 5.41) is 4.30. The Labute approximate surface area is 146 Å². The van der Waals surface area contributed by atoms with Crippen molar-refractivity contribution in [2.45, 2.75) is 31.8 Å². The normalized spacial score (nSPS) is 24.1. The molecule has 0 aliphatic carbocycles. The predicted octanol–water partition coefficient (Wildman–Crippen LogP) is 1.69. The zero-order valence-corrected chi connectivity index (χ0v) is 14.1. The minimum Gasteiger partial charge on any atom is -0.467 e. The fraction of sp³-hybridized carbons (Fsp3) is 0.500. The monoisotopic (exact) mass is 342 g/mol. The van der Waals surface area contributed by atoms with Crippen LogP contribution in [-0.4, -0.2) is 51.0 Å². The van der Waals surface area contributed by atoms with Crippen molar-refractivity contribution in [2.75, 3.05) is 19.6 Å². The molecule has 132 valence electrons. The Morgan fingerprint density at radius 2 is 2.24 bits per heavy atom. The van der Waals surface area contributed by atoms with Gasteiger partial charge in [-0.25, -0.2) is 0 Å². The molecular weight excluding hydrogens is 320 g/mol. The van der Waals surface area contributed by atoms with E-state index in [0.29, 0.717) is 26.1 Å². The number of carbonyl (C=O) groups is 2. The Bertz CT molecular complexity index is 726. The molecule has 2 fully saturated rings. The van der Waals surface area contributed by atoms with Crippen molar-refractivity contribution in [3.05, 3.63) is 42.6 Å². The van der Waals surface area contributed by atoms with E-state index in [4.69, 9.17) is 4.42 Å². The van der Waals surface area contributed by atoms with E-state index in [-0.39, 0.29) is 23.8 Å². The molecule has 0 unspecified atom stereocenters. The van der Waals surface area contributed by atoms with Crippen molar-refractivity contribution < 1.29 is 14.0 Å². The number of likely N-dealkylation sites (tertiary alicyclic amines) is 2. The molecule has 7 heteroatoms. The van der Waals surface area contributed by atoms with Gasteiger partial charge in [0.25, 0.3) is 0 Å². The van der Waals surface area contributed by atoms with E-state index in [2.05, 4.69) is 5.10 Å². The van der Waals surface area contributed by atoms with Crippen LogP contribution in [-0.2, 0) is 16.1 Å². The lowest BCUT2D eigenvalue weighted by Crippen LogP contribution is -2.44. The van der Waals surface area contributed by atoms with Gasteiger partial charge in [-0.2, -0.15) is 5.10 Å². The highest BCUT2D eigenvalue weighted by molar-refractivity contribution is 5.89. The van der Waals surface area contributed by atoms with E-state index in [1.54, 1.807) is 17.4 Å². The summed E-state index contributed by atoms with van der Waals surface area (Å²) >= 11 is 0. The third-order valence-electron chi connectivity index (χ3n) is 5.10. The molecule has 7 nitrogen and oxygen atoms in total. The molecule has 4 rings (SSSR count). The Balaban J connectivity index is 1.38. The Kier molecular flexibility index (Phi) is 4.29. The standard InChI is InChI=1S/C18H22N4O3/c23-17-10-14(11-21(17)13-16-5-2-9-25-16)18(24)20-7-1-4-15(12-20)22-8-3-6-19-22/h2-3,5-6,8-9,14-15H,1,4,7,10-13H2/t14-,15-/m0/s1. The first-order valence-electron chi connectivity index (χ1n) is 8.79. The average Bonchev–Trinajstić information content (AvgIpc) is 3.38. The fourth-order valence-electron chi connectivity index (χ4n) is 3.81. The molecule has 25 heavy (non-hydrogen) atoms. The molecule has 0 bridgehead atoms. The van der Waals surface area contributed by atoms with Crippen molar-refractivity contribution >= 4 is 11.8 Å². The van der Waals surface area contributed by atoms with Crippen LogP contribution in [0.15, 0.2) is 41.3 Å². The predicted molar refractivity (Wildman–Crippen MR) is 89.3 cm³/mol. The Morgan fingerprint density at radius 3 is 3.00 bits per heavy atom. The van der Waals surface area contributed by atoms with E-state index in [0.717, 1.165) is 25.1 Å². The molecule has 2 atom stereocenters. The second-order valence-electron chi connectivity index (χ2n) is 6.82. The topological polar surface area (TPSA) is 71.6 Å². The zero-order chi connectivity index (χ0) is 17.2. The van der Waals surface area contributed by atoms with Gasteiger partial charge in [0.1, 0.15) is 5.76 Å².